The Bertz CT molecular complexity index is 883. The first kappa shape index (κ1) is 20.7. The van der Waals surface area contributed by atoms with E-state index in [-0.39, 0.29) is 29.7 Å². The Morgan fingerprint density at radius 3 is 2.62 bits per heavy atom. The van der Waals surface area contributed by atoms with Gasteiger partial charge in [0.05, 0.1) is 6.04 Å². The van der Waals surface area contributed by atoms with Crippen LogP contribution in [0.4, 0.5) is 13.2 Å². The van der Waals surface area contributed by atoms with Crippen molar-refractivity contribution in [3.63, 3.8) is 0 Å². The van der Waals surface area contributed by atoms with Crippen molar-refractivity contribution in [3.8, 4) is 5.88 Å². The third kappa shape index (κ3) is 6.23. The molecule has 0 bridgehead atoms. The predicted octanol–water partition coefficient (Wildman–Crippen LogP) is 2.83. The zero-order valence-electron chi connectivity index (χ0n) is 15.6. The highest BCUT2D eigenvalue weighted by Crippen LogP contribution is 2.30. The van der Waals surface area contributed by atoms with Gasteiger partial charge in [-0.1, -0.05) is 0 Å². The average Bonchev–Trinajstić information content (AvgIpc) is 3.52. The van der Waals surface area contributed by atoms with Gasteiger partial charge in [0, 0.05) is 30.3 Å². The van der Waals surface area contributed by atoms with Gasteiger partial charge in [0.2, 0.25) is 5.88 Å². The summed E-state index contributed by atoms with van der Waals surface area (Å²) in [6.45, 7) is 0.270. The van der Waals surface area contributed by atoms with E-state index in [0.29, 0.717) is 5.69 Å². The maximum absolute atomic E-state index is 12.3. The van der Waals surface area contributed by atoms with Crippen LogP contribution in [-0.2, 0) is 11.2 Å². The van der Waals surface area contributed by atoms with E-state index >= 15 is 0 Å². The molecular weight excluding hydrogens is 389 g/mol. The Morgan fingerprint density at radius 1 is 1.24 bits per heavy atom. The number of hydrogen-bond acceptors (Lipinski definition) is 6. The molecule has 1 unspecified atom stereocenters. The number of carbonyl (C=O) groups is 2. The van der Waals surface area contributed by atoms with Crippen LogP contribution in [0.1, 0.15) is 47.6 Å². The first-order valence-corrected chi connectivity index (χ1v) is 9.03. The molecule has 1 N–H and O–H groups in total. The second-order valence-corrected chi connectivity index (χ2v) is 6.85. The van der Waals surface area contributed by atoms with Crippen molar-refractivity contribution in [2.75, 3.05) is 6.61 Å². The molecule has 0 radical (unpaired) electrons. The Labute approximate surface area is 164 Å². The summed E-state index contributed by atoms with van der Waals surface area (Å²) in [4.78, 5) is 28.5. The van der Waals surface area contributed by atoms with Gasteiger partial charge in [-0.05, 0) is 43.5 Å². The Morgan fingerprint density at radius 2 is 2.00 bits per heavy atom. The van der Waals surface area contributed by atoms with Crippen molar-refractivity contribution in [1.29, 1.82) is 0 Å². The number of ether oxygens (including phenoxy) is 1. The van der Waals surface area contributed by atoms with E-state index in [0.717, 1.165) is 24.5 Å². The molecule has 2 aromatic rings. The SMILES string of the molecule is CC(NC(=O)c1ccc(OCC(F)(F)F)nn1)c1ccnc(CC(=O)C2CC2)c1. The van der Waals surface area contributed by atoms with Gasteiger partial charge >= 0.3 is 6.18 Å². The van der Waals surface area contributed by atoms with E-state index < -0.39 is 24.7 Å². The molecule has 29 heavy (non-hydrogen) atoms. The maximum atomic E-state index is 12.3. The van der Waals surface area contributed by atoms with Crippen LogP contribution in [0.2, 0.25) is 0 Å². The minimum atomic E-state index is -4.49. The van der Waals surface area contributed by atoms with E-state index in [4.69, 9.17) is 0 Å². The normalized spacial score (nSPS) is 14.9. The van der Waals surface area contributed by atoms with Gasteiger partial charge in [0.1, 0.15) is 5.78 Å². The fourth-order valence-electron chi connectivity index (χ4n) is 2.62. The van der Waals surface area contributed by atoms with Crippen molar-refractivity contribution >= 4 is 11.7 Å². The number of ketones is 1. The van der Waals surface area contributed by atoms with Crippen molar-refractivity contribution in [1.82, 2.24) is 20.5 Å². The highest BCUT2D eigenvalue weighted by atomic mass is 19.4. The van der Waals surface area contributed by atoms with Crippen LogP contribution in [0, 0.1) is 5.92 Å². The van der Waals surface area contributed by atoms with Gasteiger partial charge in [-0.2, -0.15) is 13.2 Å². The minimum absolute atomic E-state index is 0.0607. The van der Waals surface area contributed by atoms with Crippen molar-refractivity contribution < 1.29 is 27.5 Å². The quantitative estimate of drug-likeness (QED) is 0.722. The Hall–Kier alpha value is -3.04. The van der Waals surface area contributed by atoms with Gasteiger partial charge in [0.15, 0.2) is 12.3 Å². The smallest absolute Gasteiger partial charge is 0.422 e. The summed E-state index contributed by atoms with van der Waals surface area (Å²) >= 11 is 0. The van der Waals surface area contributed by atoms with Crippen LogP contribution >= 0.6 is 0 Å². The first-order valence-electron chi connectivity index (χ1n) is 9.03. The molecule has 0 aromatic carbocycles. The van der Waals surface area contributed by atoms with Gasteiger partial charge in [0.25, 0.3) is 5.91 Å². The van der Waals surface area contributed by atoms with Gasteiger partial charge in [-0.3, -0.25) is 14.6 Å². The number of hydrogen-bond donors (Lipinski definition) is 1. The summed E-state index contributed by atoms with van der Waals surface area (Å²) in [7, 11) is 0. The van der Waals surface area contributed by atoms with Gasteiger partial charge < -0.3 is 10.1 Å². The molecule has 1 amide bonds. The molecule has 1 aliphatic rings. The Kier molecular flexibility index (Phi) is 6.09. The van der Waals surface area contributed by atoms with E-state index in [1.165, 1.54) is 6.07 Å². The topological polar surface area (TPSA) is 94.1 Å². The number of nitrogens with zero attached hydrogens (tertiary/aromatic N) is 3. The number of halogens is 3. The van der Waals surface area contributed by atoms with Crippen molar-refractivity contribution in [3.05, 3.63) is 47.4 Å². The third-order valence-corrected chi connectivity index (χ3v) is 4.33. The molecule has 0 saturated heterocycles. The number of carbonyl (C=O) groups excluding carboxylic acids is 2. The van der Waals surface area contributed by atoms with Crippen LogP contribution < -0.4 is 10.1 Å². The molecular formula is C19H19F3N4O3. The zero-order chi connectivity index (χ0) is 21.0. The summed E-state index contributed by atoms with van der Waals surface area (Å²) in [5.74, 6) is -0.542. The van der Waals surface area contributed by atoms with Crippen molar-refractivity contribution in [2.45, 2.75) is 38.4 Å². The zero-order valence-corrected chi connectivity index (χ0v) is 15.6. The number of amides is 1. The Balaban J connectivity index is 1.57. The van der Waals surface area contributed by atoms with Crippen LogP contribution in [-0.4, -0.2) is 39.7 Å². The van der Waals surface area contributed by atoms with Crippen LogP contribution in [0.25, 0.3) is 0 Å². The van der Waals surface area contributed by atoms with Crippen molar-refractivity contribution in [2.24, 2.45) is 5.92 Å². The number of Topliss-reactive ketones (excluding diaryl/α,β-unsaturated/α-hetero) is 1. The summed E-state index contributed by atoms with van der Waals surface area (Å²) < 4.78 is 40.9. The lowest BCUT2D eigenvalue weighted by Crippen LogP contribution is -2.28. The lowest BCUT2D eigenvalue weighted by Gasteiger charge is -2.15. The maximum Gasteiger partial charge on any atom is 0.422 e. The van der Waals surface area contributed by atoms with Crippen LogP contribution in [0.15, 0.2) is 30.5 Å². The standard InChI is InChI=1S/C19H19F3N4O3/c1-11(13-6-7-23-14(8-13)9-16(27)12-2-3-12)24-18(28)15-4-5-17(26-25-15)29-10-19(20,21)22/h4-8,11-12H,2-3,9-10H2,1H3,(H,24,28). The molecule has 154 valence electrons. The second kappa shape index (κ2) is 8.54. The fraction of sp³-hybridized carbons (Fsp3) is 0.421. The highest BCUT2D eigenvalue weighted by Gasteiger charge is 2.30. The molecule has 1 saturated carbocycles. The van der Waals surface area contributed by atoms with E-state index in [1.54, 1.807) is 25.3 Å². The summed E-state index contributed by atoms with van der Waals surface area (Å²) in [6.07, 6.45) is -0.762. The monoisotopic (exact) mass is 408 g/mol. The van der Waals surface area contributed by atoms with Gasteiger partial charge in [-0.15, -0.1) is 10.2 Å². The molecule has 2 aromatic heterocycles. The van der Waals surface area contributed by atoms with Crippen LogP contribution in [0.5, 0.6) is 5.88 Å². The highest BCUT2D eigenvalue weighted by molar-refractivity contribution is 5.92. The van der Waals surface area contributed by atoms with Gasteiger partial charge in [-0.25, -0.2) is 0 Å². The summed E-state index contributed by atoms with van der Waals surface area (Å²) in [6, 6.07) is 5.48. The minimum Gasteiger partial charge on any atom is -0.467 e. The molecule has 7 nitrogen and oxygen atoms in total. The summed E-state index contributed by atoms with van der Waals surface area (Å²) in [5, 5.41) is 9.80. The lowest BCUT2D eigenvalue weighted by molar-refractivity contribution is -0.154. The molecule has 2 heterocycles. The van der Waals surface area contributed by atoms with E-state index in [1.807, 2.05) is 0 Å². The van der Waals surface area contributed by atoms with E-state index in [2.05, 4.69) is 25.2 Å². The number of rotatable bonds is 8. The molecule has 3 rings (SSSR count). The molecule has 1 aliphatic carbocycles. The lowest BCUT2D eigenvalue weighted by atomic mass is 10.1. The molecule has 0 aliphatic heterocycles. The molecule has 1 atom stereocenters. The second-order valence-electron chi connectivity index (χ2n) is 6.85. The molecule has 0 spiro atoms. The fourth-order valence-corrected chi connectivity index (χ4v) is 2.62. The third-order valence-electron chi connectivity index (χ3n) is 4.33. The average molecular weight is 408 g/mol. The predicted molar refractivity (Wildman–Crippen MR) is 95.1 cm³/mol. The first-order chi connectivity index (χ1) is 13.7. The number of aromatic nitrogens is 3. The number of pyridine rings is 1. The molecule has 1 fully saturated rings. The molecule has 10 heteroatoms. The number of nitrogens with one attached hydrogen (secondary N) is 1. The summed E-state index contributed by atoms with van der Waals surface area (Å²) in [5.41, 5.74) is 1.35. The largest absolute Gasteiger partial charge is 0.467 e. The van der Waals surface area contributed by atoms with Crippen LogP contribution in [0.3, 0.4) is 0 Å². The number of alkyl halides is 3. The van der Waals surface area contributed by atoms with E-state index in [9.17, 15) is 22.8 Å².